The quantitative estimate of drug-likeness (QED) is 0.650. The van der Waals surface area contributed by atoms with Gasteiger partial charge >= 0.3 is 5.97 Å². The second-order valence-corrected chi connectivity index (χ2v) is 5.51. The average molecular weight is 276 g/mol. The number of rotatable bonds is 4. The Hall–Kier alpha value is -1.75. The second-order valence-electron chi connectivity index (χ2n) is 5.51. The molecule has 20 heavy (non-hydrogen) atoms. The van der Waals surface area contributed by atoms with Gasteiger partial charge in [0.05, 0.1) is 36.2 Å². The van der Waals surface area contributed by atoms with E-state index in [4.69, 9.17) is 10.5 Å². The van der Waals surface area contributed by atoms with E-state index in [1.54, 1.807) is 12.1 Å². The van der Waals surface area contributed by atoms with Gasteiger partial charge in [-0.2, -0.15) is 0 Å². The third kappa shape index (κ3) is 2.58. The molecule has 2 atom stereocenters. The van der Waals surface area contributed by atoms with Gasteiger partial charge in [-0.1, -0.05) is 0 Å². The Morgan fingerprint density at radius 3 is 2.85 bits per heavy atom. The van der Waals surface area contributed by atoms with Crippen LogP contribution in [0.15, 0.2) is 18.2 Å². The summed E-state index contributed by atoms with van der Waals surface area (Å²) >= 11 is 0. The zero-order valence-corrected chi connectivity index (χ0v) is 11.6. The molecule has 3 rings (SSSR count). The van der Waals surface area contributed by atoms with E-state index in [0.717, 1.165) is 18.7 Å². The maximum Gasteiger partial charge on any atom is 0.337 e. The number of esters is 1. The molecule has 1 saturated heterocycles. The molecule has 1 aromatic rings. The first kappa shape index (κ1) is 13.2. The topological polar surface area (TPSA) is 73.6 Å². The molecule has 3 N–H and O–H groups in total. The summed E-state index contributed by atoms with van der Waals surface area (Å²) in [4.78, 5) is 11.5. The second kappa shape index (κ2) is 5.32. The van der Waals surface area contributed by atoms with Crippen molar-refractivity contribution in [3.63, 3.8) is 0 Å². The predicted molar refractivity (Wildman–Crippen MR) is 76.7 cm³/mol. The number of carbonyl (C=O) groups excluding carboxylic acids is 1. The van der Waals surface area contributed by atoms with E-state index in [9.17, 15) is 4.79 Å². The molecule has 0 radical (unpaired) electrons. The van der Waals surface area contributed by atoms with Crippen molar-refractivity contribution in [3.05, 3.63) is 23.8 Å². The molecule has 2 unspecified atom stereocenters. The van der Waals surface area contributed by atoms with Crippen molar-refractivity contribution in [1.82, 2.24) is 0 Å². The van der Waals surface area contributed by atoms with Gasteiger partial charge in [0.15, 0.2) is 0 Å². The Morgan fingerprint density at radius 1 is 1.40 bits per heavy atom. The van der Waals surface area contributed by atoms with Crippen molar-refractivity contribution in [2.45, 2.75) is 31.4 Å². The van der Waals surface area contributed by atoms with Gasteiger partial charge in [0.1, 0.15) is 0 Å². The minimum absolute atomic E-state index is 0.301. The number of hydrogen-bond donors (Lipinski definition) is 2. The number of nitrogens with one attached hydrogen (secondary N) is 1. The van der Waals surface area contributed by atoms with E-state index in [2.05, 4.69) is 10.1 Å². The van der Waals surface area contributed by atoms with Crippen LogP contribution in [0.4, 0.5) is 11.4 Å². The highest BCUT2D eigenvalue weighted by molar-refractivity contribution is 5.91. The van der Waals surface area contributed by atoms with E-state index in [-0.39, 0.29) is 5.97 Å². The van der Waals surface area contributed by atoms with Crippen LogP contribution in [0.25, 0.3) is 0 Å². The Bertz CT molecular complexity index is 514. The number of anilines is 2. The highest BCUT2D eigenvalue weighted by atomic mass is 16.5. The van der Waals surface area contributed by atoms with Gasteiger partial charge in [-0.3, -0.25) is 0 Å². The molecule has 1 aromatic carbocycles. The van der Waals surface area contributed by atoms with Crippen LogP contribution >= 0.6 is 0 Å². The van der Waals surface area contributed by atoms with Crippen LogP contribution in [0.1, 0.15) is 29.6 Å². The van der Waals surface area contributed by atoms with Crippen molar-refractivity contribution in [2.24, 2.45) is 5.92 Å². The highest BCUT2D eigenvalue weighted by Gasteiger charge is 2.40. The molecular formula is C15H20N2O3. The number of hydrogen-bond acceptors (Lipinski definition) is 5. The molecule has 0 spiro atoms. The number of nitrogen functional groups attached to an aromatic ring is 1. The van der Waals surface area contributed by atoms with Gasteiger partial charge in [-0.25, -0.2) is 4.79 Å². The fourth-order valence-electron chi connectivity index (χ4n) is 2.79. The summed E-state index contributed by atoms with van der Waals surface area (Å²) in [6.07, 6.45) is 3.83. The molecule has 0 aromatic heterocycles. The molecule has 1 saturated carbocycles. The van der Waals surface area contributed by atoms with Crippen LogP contribution in [0.5, 0.6) is 0 Å². The Balaban J connectivity index is 1.72. The SMILES string of the molecule is COC(=O)c1ccc(NC2CCOC2C2CC2)c(N)c1. The smallest absolute Gasteiger partial charge is 0.337 e. The molecule has 2 aliphatic rings. The molecule has 108 valence electrons. The first-order valence-electron chi connectivity index (χ1n) is 7.05. The van der Waals surface area contributed by atoms with Gasteiger partial charge in [-0.15, -0.1) is 0 Å². The summed E-state index contributed by atoms with van der Waals surface area (Å²) in [5.41, 5.74) is 7.91. The summed E-state index contributed by atoms with van der Waals surface area (Å²) in [6.45, 7) is 0.805. The number of methoxy groups -OCH3 is 1. The van der Waals surface area contributed by atoms with E-state index in [1.807, 2.05) is 6.07 Å². The Kier molecular flexibility index (Phi) is 3.53. The molecule has 5 heteroatoms. The molecule has 5 nitrogen and oxygen atoms in total. The Morgan fingerprint density at radius 2 is 2.20 bits per heavy atom. The van der Waals surface area contributed by atoms with Crippen molar-refractivity contribution in [1.29, 1.82) is 0 Å². The zero-order valence-electron chi connectivity index (χ0n) is 11.6. The molecule has 0 amide bonds. The zero-order chi connectivity index (χ0) is 14.1. The van der Waals surface area contributed by atoms with Gasteiger partial charge < -0.3 is 20.5 Å². The number of carbonyl (C=O) groups is 1. The van der Waals surface area contributed by atoms with Crippen LogP contribution in [0.3, 0.4) is 0 Å². The van der Waals surface area contributed by atoms with Gasteiger partial charge in [0.2, 0.25) is 0 Å². The number of nitrogens with two attached hydrogens (primary N) is 1. The fourth-order valence-corrected chi connectivity index (χ4v) is 2.79. The van der Waals surface area contributed by atoms with Gasteiger partial charge in [0, 0.05) is 6.61 Å². The van der Waals surface area contributed by atoms with Crippen LogP contribution in [0.2, 0.25) is 0 Å². The van der Waals surface area contributed by atoms with Crippen molar-refractivity contribution in [2.75, 3.05) is 24.8 Å². The molecule has 0 bridgehead atoms. The third-order valence-electron chi connectivity index (χ3n) is 4.04. The number of ether oxygens (including phenoxy) is 2. The lowest BCUT2D eigenvalue weighted by atomic mass is 10.1. The van der Waals surface area contributed by atoms with Crippen LogP contribution in [-0.2, 0) is 9.47 Å². The van der Waals surface area contributed by atoms with Crippen LogP contribution in [-0.4, -0.2) is 31.8 Å². The fraction of sp³-hybridized carbons (Fsp3) is 0.533. The summed E-state index contributed by atoms with van der Waals surface area (Å²) in [7, 11) is 1.36. The monoisotopic (exact) mass is 276 g/mol. The van der Waals surface area contributed by atoms with E-state index < -0.39 is 0 Å². The molecular weight excluding hydrogens is 256 g/mol. The van der Waals surface area contributed by atoms with E-state index in [0.29, 0.717) is 29.3 Å². The van der Waals surface area contributed by atoms with E-state index >= 15 is 0 Å². The first-order chi connectivity index (χ1) is 9.69. The van der Waals surface area contributed by atoms with Crippen LogP contribution in [0, 0.1) is 5.92 Å². The molecule has 2 fully saturated rings. The lowest BCUT2D eigenvalue weighted by Crippen LogP contribution is -2.31. The Labute approximate surface area is 118 Å². The molecule has 1 aliphatic carbocycles. The number of benzene rings is 1. The maximum absolute atomic E-state index is 11.5. The summed E-state index contributed by atoms with van der Waals surface area (Å²) in [5, 5.41) is 3.46. The van der Waals surface area contributed by atoms with Crippen molar-refractivity contribution in [3.8, 4) is 0 Å². The minimum atomic E-state index is -0.372. The summed E-state index contributed by atoms with van der Waals surface area (Å²) in [6, 6.07) is 5.53. The molecule has 1 aliphatic heterocycles. The predicted octanol–water partition coefficient (Wildman–Crippen LogP) is 2.03. The van der Waals surface area contributed by atoms with Crippen LogP contribution < -0.4 is 11.1 Å². The summed E-state index contributed by atoms with van der Waals surface area (Å²) in [5.74, 6) is 0.328. The van der Waals surface area contributed by atoms with Gasteiger partial charge in [0.25, 0.3) is 0 Å². The standard InChI is InChI=1S/C15H20N2O3/c1-19-15(18)10-4-5-12(11(16)8-10)17-13-6-7-20-14(13)9-2-3-9/h4-5,8-9,13-14,17H,2-3,6-7,16H2,1H3. The largest absolute Gasteiger partial charge is 0.465 e. The summed E-state index contributed by atoms with van der Waals surface area (Å²) < 4.78 is 10.5. The van der Waals surface area contributed by atoms with Gasteiger partial charge in [-0.05, 0) is 43.4 Å². The third-order valence-corrected chi connectivity index (χ3v) is 4.04. The van der Waals surface area contributed by atoms with Crippen molar-refractivity contribution >= 4 is 17.3 Å². The lowest BCUT2D eigenvalue weighted by molar-refractivity contribution is 0.0601. The van der Waals surface area contributed by atoms with E-state index in [1.165, 1.54) is 20.0 Å². The normalized spacial score (nSPS) is 25.4. The lowest BCUT2D eigenvalue weighted by Gasteiger charge is -2.21. The van der Waals surface area contributed by atoms with Crippen molar-refractivity contribution < 1.29 is 14.3 Å². The maximum atomic E-state index is 11.5. The first-order valence-corrected chi connectivity index (χ1v) is 7.05. The average Bonchev–Trinajstić information content (AvgIpc) is 3.20. The molecule has 1 heterocycles. The highest BCUT2D eigenvalue weighted by Crippen LogP contribution is 2.40. The minimum Gasteiger partial charge on any atom is -0.465 e.